The lowest BCUT2D eigenvalue weighted by Gasteiger charge is -2.39. The van der Waals surface area contributed by atoms with Gasteiger partial charge in [-0.15, -0.1) is 0 Å². The molecule has 2 fully saturated rings. The average molecular weight is 201 g/mol. The highest BCUT2D eigenvalue weighted by Gasteiger charge is 2.49. The molecule has 3 N–H and O–H groups in total. The van der Waals surface area contributed by atoms with E-state index in [1.165, 1.54) is 0 Å². The Morgan fingerprint density at radius 1 is 1.21 bits per heavy atom. The predicted molar refractivity (Wildman–Crippen MR) is 51.8 cm³/mol. The Bertz CT molecular complexity index is 202. The summed E-state index contributed by atoms with van der Waals surface area (Å²) in [7, 11) is 0. The van der Waals surface area contributed by atoms with Crippen molar-refractivity contribution in [1.82, 2.24) is 4.90 Å². The zero-order chi connectivity index (χ0) is 10.3. The van der Waals surface area contributed by atoms with E-state index in [1.54, 1.807) is 0 Å². The molecule has 0 spiro atoms. The van der Waals surface area contributed by atoms with E-state index in [4.69, 9.17) is 0 Å². The van der Waals surface area contributed by atoms with Crippen molar-refractivity contribution in [2.45, 2.75) is 56.5 Å². The van der Waals surface area contributed by atoms with Gasteiger partial charge in [-0.05, 0) is 19.8 Å². The van der Waals surface area contributed by atoms with Gasteiger partial charge in [-0.25, -0.2) is 0 Å². The molecule has 14 heavy (non-hydrogen) atoms. The molecule has 0 saturated carbocycles. The van der Waals surface area contributed by atoms with Gasteiger partial charge in [0.1, 0.15) is 0 Å². The molecule has 0 bridgehead atoms. The Kier molecular flexibility index (Phi) is 2.79. The third-order valence-corrected chi connectivity index (χ3v) is 3.72. The predicted octanol–water partition coefficient (Wildman–Crippen LogP) is -0.674. The van der Waals surface area contributed by atoms with Gasteiger partial charge in [-0.3, -0.25) is 4.90 Å². The van der Waals surface area contributed by atoms with Gasteiger partial charge in [0.2, 0.25) is 0 Å². The number of nitrogens with zero attached hydrogens (tertiary/aromatic N) is 1. The maximum absolute atomic E-state index is 9.81. The topological polar surface area (TPSA) is 63.9 Å². The number of aliphatic hydroxyl groups excluding tert-OH is 3. The van der Waals surface area contributed by atoms with Crippen LogP contribution < -0.4 is 0 Å². The second kappa shape index (κ2) is 3.77. The molecule has 2 saturated heterocycles. The molecule has 0 amide bonds. The molecule has 0 aromatic carbocycles. The van der Waals surface area contributed by atoms with Gasteiger partial charge >= 0.3 is 0 Å². The normalized spacial score (nSPS) is 49.3. The van der Waals surface area contributed by atoms with Crippen LogP contribution in [-0.2, 0) is 0 Å². The van der Waals surface area contributed by atoms with Crippen LogP contribution in [0.25, 0.3) is 0 Å². The van der Waals surface area contributed by atoms with E-state index < -0.39 is 12.2 Å². The molecule has 0 aromatic rings. The largest absolute Gasteiger partial charge is 0.395 e. The van der Waals surface area contributed by atoms with Crippen LogP contribution >= 0.6 is 0 Å². The standard InChI is InChI=1S/C10H19NO3/c1-6-3-2-4-7-9(13)10(14)8(5-12)11(6)7/h6-10,12-14H,2-5H2,1H3. The highest BCUT2D eigenvalue weighted by atomic mass is 16.3. The summed E-state index contributed by atoms with van der Waals surface area (Å²) in [5, 5.41) is 28.8. The molecule has 2 aliphatic rings. The van der Waals surface area contributed by atoms with Crippen LogP contribution in [0.1, 0.15) is 26.2 Å². The van der Waals surface area contributed by atoms with Crippen molar-refractivity contribution in [3.05, 3.63) is 0 Å². The molecule has 0 radical (unpaired) electrons. The molecule has 5 atom stereocenters. The maximum atomic E-state index is 9.81. The van der Waals surface area contributed by atoms with Crippen molar-refractivity contribution in [2.75, 3.05) is 6.61 Å². The second-order valence-electron chi connectivity index (χ2n) is 4.53. The average Bonchev–Trinajstić information content (AvgIpc) is 2.43. The zero-order valence-corrected chi connectivity index (χ0v) is 8.50. The fourth-order valence-electron chi connectivity index (χ4n) is 3.00. The minimum Gasteiger partial charge on any atom is -0.395 e. The lowest BCUT2D eigenvalue weighted by Crippen LogP contribution is -2.49. The summed E-state index contributed by atoms with van der Waals surface area (Å²) < 4.78 is 0. The van der Waals surface area contributed by atoms with Crippen molar-refractivity contribution < 1.29 is 15.3 Å². The molecule has 2 rings (SSSR count). The van der Waals surface area contributed by atoms with E-state index in [0.717, 1.165) is 19.3 Å². The molecule has 4 nitrogen and oxygen atoms in total. The van der Waals surface area contributed by atoms with E-state index in [1.807, 2.05) is 0 Å². The monoisotopic (exact) mass is 201 g/mol. The first-order valence-electron chi connectivity index (χ1n) is 5.41. The first-order chi connectivity index (χ1) is 6.66. The van der Waals surface area contributed by atoms with Gasteiger partial charge < -0.3 is 15.3 Å². The van der Waals surface area contributed by atoms with E-state index in [2.05, 4.69) is 11.8 Å². The lowest BCUT2D eigenvalue weighted by molar-refractivity contribution is 0.0174. The molecule has 2 heterocycles. The summed E-state index contributed by atoms with van der Waals surface area (Å²) in [5.41, 5.74) is 0. The first-order valence-corrected chi connectivity index (χ1v) is 5.41. The summed E-state index contributed by atoms with van der Waals surface area (Å²) in [6, 6.07) is 0.133. The van der Waals surface area contributed by atoms with Crippen LogP contribution in [0.2, 0.25) is 0 Å². The molecule has 0 aliphatic carbocycles. The Hall–Kier alpha value is -0.160. The first kappa shape index (κ1) is 10.4. The highest BCUT2D eigenvalue weighted by molar-refractivity contribution is 5.03. The third-order valence-electron chi connectivity index (χ3n) is 3.72. The van der Waals surface area contributed by atoms with Crippen molar-refractivity contribution in [3.63, 3.8) is 0 Å². The number of aliphatic hydroxyl groups is 3. The van der Waals surface area contributed by atoms with Gasteiger partial charge in [0.05, 0.1) is 24.9 Å². The smallest absolute Gasteiger partial charge is 0.0991 e. The summed E-state index contributed by atoms with van der Waals surface area (Å²) in [5.74, 6) is 0. The van der Waals surface area contributed by atoms with Crippen LogP contribution in [0.5, 0.6) is 0 Å². The minimum absolute atomic E-state index is 0.0471. The molecule has 0 aromatic heterocycles. The molecule has 82 valence electrons. The number of piperidine rings is 1. The fourth-order valence-corrected chi connectivity index (χ4v) is 3.00. The van der Waals surface area contributed by atoms with Gasteiger partial charge in [0.25, 0.3) is 0 Å². The number of rotatable bonds is 1. The number of hydrogen-bond donors (Lipinski definition) is 3. The van der Waals surface area contributed by atoms with Crippen LogP contribution in [0, 0.1) is 0 Å². The van der Waals surface area contributed by atoms with Crippen LogP contribution in [0.15, 0.2) is 0 Å². The highest BCUT2D eigenvalue weighted by Crippen LogP contribution is 2.35. The van der Waals surface area contributed by atoms with Crippen molar-refractivity contribution >= 4 is 0 Å². The second-order valence-corrected chi connectivity index (χ2v) is 4.53. The Morgan fingerprint density at radius 3 is 2.57 bits per heavy atom. The van der Waals surface area contributed by atoms with E-state index in [9.17, 15) is 15.3 Å². The van der Waals surface area contributed by atoms with Crippen molar-refractivity contribution in [2.24, 2.45) is 0 Å². The Morgan fingerprint density at radius 2 is 1.93 bits per heavy atom. The fraction of sp³-hybridized carbons (Fsp3) is 1.00. The Balaban J connectivity index is 2.20. The van der Waals surface area contributed by atoms with E-state index >= 15 is 0 Å². The van der Waals surface area contributed by atoms with Gasteiger partial charge in [0, 0.05) is 12.1 Å². The summed E-state index contributed by atoms with van der Waals surface area (Å²) in [4.78, 5) is 2.10. The number of hydrogen-bond acceptors (Lipinski definition) is 4. The van der Waals surface area contributed by atoms with Crippen molar-refractivity contribution in [1.29, 1.82) is 0 Å². The van der Waals surface area contributed by atoms with E-state index in [0.29, 0.717) is 6.04 Å². The van der Waals surface area contributed by atoms with Gasteiger partial charge in [-0.1, -0.05) is 6.42 Å². The lowest BCUT2D eigenvalue weighted by atomic mass is 9.96. The molecular weight excluding hydrogens is 182 g/mol. The molecular formula is C10H19NO3. The molecule has 4 heteroatoms. The van der Waals surface area contributed by atoms with Crippen LogP contribution in [0.4, 0.5) is 0 Å². The van der Waals surface area contributed by atoms with Gasteiger partial charge in [-0.2, -0.15) is 0 Å². The summed E-state index contributed by atoms with van der Waals surface area (Å²) in [6.07, 6.45) is 1.65. The van der Waals surface area contributed by atoms with E-state index in [-0.39, 0.29) is 18.7 Å². The SMILES string of the molecule is CC1CCCC2C(O)C(O)C(CO)N12. The minimum atomic E-state index is -0.787. The van der Waals surface area contributed by atoms with Gasteiger partial charge in [0.15, 0.2) is 0 Å². The zero-order valence-electron chi connectivity index (χ0n) is 8.50. The maximum Gasteiger partial charge on any atom is 0.0991 e. The number of fused-ring (bicyclic) bond motifs is 1. The van der Waals surface area contributed by atoms with Crippen LogP contribution in [-0.4, -0.2) is 57.2 Å². The van der Waals surface area contributed by atoms with Crippen LogP contribution in [0.3, 0.4) is 0 Å². The Labute approximate surface area is 84.2 Å². The molecule has 2 aliphatic heterocycles. The third kappa shape index (κ3) is 1.37. The molecule has 5 unspecified atom stereocenters. The van der Waals surface area contributed by atoms with Crippen molar-refractivity contribution in [3.8, 4) is 0 Å². The summed E-state index contributed by atoms with van der Waals surface area (Å²) >= 11 is 0. The summed E-state index contributed by atoms with van der Waals surface area (Å²) in [6.45, 7) is 2.03. The quantitative estimate of drug-likeness (QED) is 0.526.